The lowest BCUT2D eigenvalue weighted by molar-refractivity contribution is -0.212. The van der Waals surface area contributed by atoms with Crippen LogP contribution in [0.15, 0.2) is 12.5 Å². The van der Waals surface area contributed by atoms with Crippen molar-refractivity contribution in [2.45, 2.75) is 38.3 Å². The van der Waals surface area contributed by atoms with E-state index in [-0.39, 0.29) is 35.3 Å². The average molecular weight is 390 g/mol. The van der Waals surface area contributed by atoms with Gasteiger partial charge in [0.1, 0.15) is 23.9 Å². The van der Waals surface area contributed by atoms with Gasteiger partial charge in [0.2, 0.25) is 11.6 Å². The molecule has 0 spiro atoms. The van der Waals surface area contributed by atoms with Crippen LogP contribution in [0.3, 0.4) is 0 Å². The van der Waals surface area contributed by atoms with Crippen molar-refractivity contribution in [3.8, 4) is 6.07 Å². The van der Waals surface area contributed by atoms with Crippen molar-refractivity contribution < 1.29 is 23.5 Å². The van der Waals surface area contributed by atoms with Gasteiger partial charge in [0, 0.05) is 19.0 Å². The second-order valence-corrected chi connectivity index (χ2v) is 6.88. The minimum Gasteiger partial charge on any atom is -0.459 e. The number of anilines is 1. The van der Waals surface area contributed by atoms with Crippen LogP contribution in [0.2, 0.25) is 0 Å². The lowest BCUT2D eigenvalue weighted by Gasteiger charge is -2.26. The molecule has 0 aromatic carbocycles. The van der Waals surface area contributed by atoms with E-state index in [4.69, 9.17) is 20.9 Å². The third kappa shape index (κ3) is 3.11. The number of alkyl halides is 1. The number of hydrogen-bond donors (Lipinski definition) is 2. The van der Waals surface area contributed by atoms with Gasteiger partial charge >= 0.3 is 5.97 Å². The van der Waals surface area contributed by atoms with Gasteiger partial charge in [-0.2, -0.15) is 5.26 Å². The number of nitriles is 1. The Balaban J connectivity index is 2.01. The van der Waals surface area contributed by atoms with Crippen molar-refractivity contribution in [2.24, 2.45) is 11.7 Å². The first-order chi connectivity index (χ1) is 13.1. The molecule has 1 saturated heterocycles. The summed E-state index contributed by atoms with van der Waals surface area (Å²) in [5.41, 5.74) is 9.47. The Labute approximate surface area is 159 Å². The van der Waals surface area contributed by atoms with E-state index in [2.05, 4.69) is 9.97 Å². The zero-order valence-corrected chi connectivity index (χ0v) is 15.3. The van der Waals surface area contributed by atoms with Crippen molar-refractivity contribution >= 4 is 28.7 Å². The lowest BCUT2D eigenvalue weighted by atomic mass is 10.1. The lowest BCUT2D eigenvalue weighted by Crippen LogP contribution is -2.38. The number of aromatic nitrogens is 3. The summed E-state index contributed by atoms with van der Waals surface area (Å²) < 4.78 is 26.7. The Morgan fingerprint density at radius 3 is 2.79 bits per heavy atom. The molecule has 3 rings (SSSR count). The maximum absolute atomic E-state index is 15.1. The Bertz CT molecular complexity index is 999. The minimum atomic E-state index is -2.37. The van der Waals surface area contributed by atoms with Crippen molar-refractivity contribution in [1.82, 2.24) is 14.5 Å². The fourth-order valence-corrected chi connectivity index (χ4v) is 3.06. The molecule has 28 heavy (non-hydrogen) atoms. The number of carbonyl (C=O) groups is 2. The van der Waals surface area contributed by atoms with E-state index in [0.717, 1.165) is 6.33 Å². The third-order valence-corrected chi connectivity index (χ3v) is 4.53. The number of nitrogens with two attached hydrogens (primary N) is 2. The molecule has 2 aromatic rings. The van der Waals surface area contributed by atoms with Crippen molar-refractivity contribution in [3.05, 3.63) is 18.1 Å². The number of nitrogen functional groups attached to an aromatic ring is 1. The first-order valence-electron chi connectivity index (χ1n) is 8.51. The van der Waals surface area contributed by atoms with E-state index in [1.54, 1.807) is 13.8 Å². The van der Waals surface area contributed by atoms with Gasteiger partial charge in [-0.15, -0.1) is 0 Å². The molecule has 3 heterocycles. The summed E-state index contributed by atoms with van der Waals surface area (Å²) >= 11 is 0. The smallest absolute Gasteiger partial charge is 0.308 e. The van der Waals surface area contributed by atoms with E-state index in [1.807, 2.05) is 6.07 Å². The van der Waals surface area contributed by atoms with Crippen molar-refractivity contribution in [3.63, 3.8) is 0 Å². The SMILES string of the molecule is CC(C)C(=O)OC[C@]1(F)CC[C@](C#N)(n2cc(C(N)=O)c3c(N)ncnc32)O1. The van der Waals surface area contributed by atoms with E-state index in [9.17, 15) is 14.9 Å². The van der Waals surface area contributed by atoms with Crippen LogP contribution in [0.5, 0.6) is 0 Å². The molecule has 2 aromatic heterocycles. The first kappa shape index (κ1) is 19.5. The van der Waals surface area contributed by atoms with Gasteiger partial charge in [-0.25, -0.2) is 14.4 Å². The van der Waals surface area contributed by atoms with Crippen LogP contribution in [0, 0.1) is 17.2 Å². The van der Waals surface area contributed by atoms with Crippen LogP contribution < -0.4 is 11.5 Å². The highest BCUT2D eigenvalue weighted by atomic mass is 19.2. The van der Waals surface area contributed by atoms with Crippen LogP contribution >= 0.6 is 0 Å². The summed E-state index contributed by atoms with van der Waals surface area (Å²) in [4.78, 5) is 31.3. The second-order valence-electron chi connectivity index (χ2n) is 6.88. The number of nitrogens with zero attached hydrogens (tertiary/aromatic N) is 4. The summed E-state index contributed by atoms with van der Waals surface area (Å²) in [6, 6.07) is 1.93. The Kier molecular flexibility index (Phi) is 4.68. The summed E-state index contributed by atoms with van der Waals surface area (Å²) in [7, 11) is 0. The molecule has 2 atom stereocenters. The molecule has 1 aliphatic rings. The third-order valence-electron chi connectivity index (χ3n) is 4.53. The highest BCUT2D eigenvalue weighted by Crippen LogP contribution is 2.44. The number of halogens is 1. The van der Waals surface area contributed by atoms with Crippen molar-refractivity contribution in [2.75, 3.05) is 12.3 Å². The number of ether oxygens (including phenoxy) is 2. The molecule has 0 radical (unpaired) electrons. The molecule has 1 fully saturated rings. The highest BCUT2D eigenvalue weighted by molar-refractivity contribution is 6.08. The number of fused-ring (bicyclic) bond motifs is 1. The van der Waals surface area contributed by atoms with Crippen LogP contribution in [-0.4, -0.2) is 38.9 Å². The number of esters is 1. The summed E-state index contributed by atoms with van der Waals surface area (Å²) in [5.74, 6) is -4.22. The average Bonchev–Trinajstić information content (AvgIpc) is 3.20. The Hall–Kier alpha value is -3.26. The zero-order valence-electron chi connectivity index (χ0n) is 15.3. The molecule has 10 nitrogen and oxygen atoms in total. The predicted molar refractivity (Wildman–Crippen MR) is 94.0 cm³/mol. The van der Waals surface area contributed by atoms with Gasteiger partial charge in [0.05, 0.1) is 16.9 Å². The van der Waals surface area contributed by atoms with Gasteiger partial charge in [-0.05, 0) is 0 Å². The summed E-state index contributed by atoms with van der Waals surface area (Å²) in [6.45, 7) is 2.57. The molecule has 0 aliphatic carbocycles. The monoisotopic (exact) mass is 390 g/mol. The largest absolute Gasteiger partial charge is 0.459 e. The minimum absolute atomic E-state index is 0.0130. The normalized spacial score (nSPS) is 24.4. The number of primary amides is 1. The molecule has 0 bridgehead atoms. The molecule has 4 N–H and O–H groups in total. The highest BCUT2D eigenvalue weighted by Gasteiger charge is 2.53. The summed E-state index contributed by atoms with van der Waals surface area (Å²) in [5, 5.41) is 9.93. The maximum Gasteiger partial charge on any atom is 0.308 e. The van der Waals surface area contributed by atoms with Crippen LogP contribution in [0.25, 0.3) is 11.0 Å². The fourth-order valence-electron chi connectivity index (χ4n) is 3.06. The molecule has 1 amide bonds. The zero-order chi connectivity index (χ0) is 20.7. The quantitative estimate of drug-likeness (QED) is 0.714. The Morgan fingerprint density at radius 1 is 1.46 bits per heavy atom. The number of rotatable bonds is 5. The second kappa shape index (κ2) is 6.72. The first-order valence-corrected chi connectivity index (χ1v) is 8.51. The van der Waals surface area contributed by atoms with E-state index < -0.39 is 36.0 Å². The summed E-state index contributed by atoms with van der Waals surface area (Å²) in [6.07, 6.45) is 2.10. The topological polar surface area (TPSA) is 159 Å². The standard InChI is InChI=1S/C17H19FN6O4/c1-9(2)15(26)27-7-16(18)3-4-17(6-19,28-16)24-5-10(13(21)25)11-12(20)22-8-23-14(11)24/h5,8-9H,3-4,7H2,1-2H3,(H2,21,25)(H2,20,22,23)/t16-,17-/m0/s1. The molecule has 148 valence electrons. The van der Waals surface area contributed by atoms with E-state index in [1.165, 1.54) is 10.8 Å². The van der Waals surface area contributed by atoms with Crippen LogP contribution in [0.4, 0.5) is 10.2 Å². The molecule has 1 aliphatic heterocycles. The van der Waals surface area contributed by atoms with Crippen LogP contribution in [0.1, 0.15) is 37.0 Å². The molecular formula is C17H19FN6O4. The van der Waals surface area contributed by atoms with Gasteiger partial charge in [0.15, 0.2) is 6.61 Å². The predicted octanol–water partition coefficient (Wildman–Crippen LogP) is 0.964. The molecule has 0 unspecified atom stereocenters. The van der Waals surface area contributed by atoms with Gasteiger partial charge in [-0.1, -0.05) is 13.8 Å². The Morgan fingerprint density at radius 2 is 2.18 bits per heavy atom. The fraction of sp³-hybridized carbons (Fsp3) is 0.471. The van der Waals surface area contributed by atoms with Gasteiger partial charge < -0.3 is 20.9 Å². The van der Waals surface area contributed by atoms with E-state index >= 15 is 4.39 Å². The maximum atomic E-state index is 15.1. The van der Waals surface area contributed by atoms with E-state index in [0.29, 0.717) is 0 Å². The molecular weight excluding hydrogens is 371 g/mol. The molecule has 0 saturated carbocycles. The molecule has 11 heteroatoms. The van der Waals surface area contributed by atoms with Crippen molar-refractivity contribution in [1.29, 1.82) is 5.26 Å². The van der Waals surface area contributed by atoms with Gasteiger partial charge in [0.25, 0.3) is 5.91 Å². The van der Waals surface area contributed by atoms with Gasteiger partial charge in [-0.3, -0.25) is 14.2 Å². The number of hydrogen-bond acceptors (Lipinski definition) is 8. The number of amides is 1. The number of carbonyl (C=O) groups excluding carboxylic acids is 2. The van der Waals surface area contributed by atoms with Crippen LogP contribution in [-0.2, 0) is 20.0 Å².